The van der Waals surface area contributed by atoms with Gasteiger partial charge in [0.05, 0.1) is 5.60 Å². The highest BCUT2D eigenvalue weighted by atomic mass is 19.4. The van der Waals surface area contributed by atoms with Crippen LogP contribution >= 0.6 is 0 Å². The molecule has 118 valence electrons. The predicted molar refractivity (Wildman–Crippen MR) is 77.7 cm³/mol. The molecule has 20 heavy (non-hydrogen) atoms. The topological polar surface area (TPSA) is 9.23 Å². The van der Waals surface area contributed by atoms with Gasteiger partial charge in [-0.3, -0.25) is 0 Å². The van der Waals surface area contributed by atoms with Crippen LogP contribution < -0.4 is 0 Å². The van der Waals surface area contributed by atoms with Crippen molar-refractivity contribution in [1.82, 2.24) is 0 Å². The molecule has 4 heteroatoms. The largest absolute Gasteiger partial charge is 0.409 e. The normalized spacial score (nSPS) is 13.7. The molecule has 0 aliphatic rings. The highest BCUT2D eigenvalue weighted by Gasteiger charge is 2.21. The van der Waals surface area contributed by atoms with Crippen molar-refractivity contribution in [2.75, 3.05) is 6.61 Å². The molecule has 0 radical (unpaired) electrons. The van der Waals surface area contributed by atoms with Gasteiger partial charge in [-0.15, -0.1) is 0 Å². The number of alkyl halides is 3. The third-order valence-electron chi connectivity index (χ3n) is 2.58. The van der Waals surface area contributed by atoms with Crippen LogP contribution in [0.3, 0.4) is 0 Å². The van der Waals surface area contributed by atoms with Crippen molar-refractivity contribution in [3.8, 4) is 0 Å². The van der Waals surface area contributed by atoms with Crippen LogP contribution in [0.25, 0.3) is 0 Å². The fraction of sp³-hybridized carbons (Fsp3) is 0.750. The molecule has 0 rings (SSSR count). The van der Waals surface area contributed by atoms with Crippen molar-refractivity contribution in [3.63, 3.8) is 0 Å². The van der Waals surface area contributed by atoms with Crippen molar-refractivity contribution >= 4 is 0 Å². The maximum Gasteiger partial charge on any atom is 0.409 e. The van der Waals surface area contributed by atoms with Crippen LogP contribution in [0, 0.1) is 0 Å². The Morgan fingerprint density at radius 3 is 2.05 bits per heavy atom. The summed E-state index contributed by atoms with van der Waals surface area (Å²) in [5.41, 5.74) is -0.0608. The van der Waals surface area contributed by atoms with E-state index >= 15 is 0 Å². The van der Waals surface area contributed by atoms with Gasteiger partial charge in [0.15, 0.2) is 0 Å². The van der Waals surface area contributed by atoms with Crippen molar-refractivity contribution in [2.24, 2.45) is 0 Å². The summed E-state index contributed by atoms with van der Waals surface area (Å²) in [6.07, 6.45) is 6.67. The Morgan fingerprint density at radius 2 is 1.45 bits per heavy atom. The summed E-state index contributed by atoms with van der Waals surface area (Å²) < 4.78 is 40.9. The van der Waals surface area contributed by atoms with E-state index in [1.165, 1.54) is 6.08 Å². The molecule has 0 aliphatic heterocycles. The Bertz CT molecular complexity index is 285. The molecule has 0 N–H and O–H groups in total. The maximum atomic E-state index is 11.8. The summed E-state index contributed by atoms with van der Waals surface area (Å²) in [4.78, 5) is 0. The standard InChI is InChI=1S/C16H27F3O/c1-15(2,3)20-14-12-10-8-6-4-5-7-9-11-13-16(17,18)19/h7,9,11,13H,4-6,8,10,12,14H2,1-3H3/b9-7+,13-11+. The van der Waals surface area contributed by atoms with E-state index in [1.807, 2.05) is 20.8 Å². The van der Waals surface area contributed by atoms with Gasteiger partial charge >= 0.3 is 6.18 Å². The maximum absolute atomic E-state index is 11.8. The number of halogens is 3. The van der Waals surface area contributed by atoms with Crippen molar-refractivity contribution in [2.45, 2.75) is 71.1 Å². The van der Waals surface area contributed by atoms with Gasteiger partial charge in [0.2, 0.25) is 0 Å². The highest BCUT2D eigenvalue weighted by Crippen LogP contribution is 2.15. The van der Waals surface area contributed by atoms with Crippen LogP contribution in [0.1, 0.15) is 59.3 Å². The Morgan fingerprint density at radius 1 is 0.850 bits per heavy atom. The molecule has 0 atom stereocenters. The second kappa shape index (κ2) is 10.0. The molecule has 0 bridgehead atoms. The fourth-order valence-corrected chi connectivity index (χ4v) is 1.61. The number of rotatable bonds is 9. The van der Waals surface area contributed by atoms with Crippen LogP contribution in [0.15, 0.2) is 24.3 Å². The van der Waals surface area contributed by atoms with Gasteiger partial charge in [0.1, 0.15) is 0 Å². The minimum atomic E-state index is -4.21. The first-order valence-corrected chi connectivity index (χ1v) is 7.26. The number of hydrogen-bond acceptors (Lipinski definition) is 1. The second-order valence-corrected chi connectivity index (χ2v) is 5.85. The molecule has 0 aromatic rings. The Balaban J connectivity index is 3.33. The molecule has 0 aromatic carbocycles. The van der Waals surface area contributed by atoms with Gasteiger partial charge in [0, 0.05) is 12.7 Å². The third kappa shape index (κ3) is 17.2. The smallest absolute Gasteiger partial charge is 0.376 e. The molecule has 0 fully saturated rings. The van der Waals surface area contributed by atoms with Gasteiger partial charge in [-0.25, -0.2) is 0 Å². The molecule has 0 aliphatic carbocycles. The van der Waals surface area contributed by atoms with E-state index in [-0.39, 0.29) is 11.7 Å². The molecular formula is C16H27F3O. The molecular weight excluding hydrogens is 265 g/mol. The van der Waals surface area contributed by atoms with Crippen LogP contribution in [-0.4, -0.2) is 18.4 Å². The lowest BCUT2D eigenvalue weighted by atomic mass is 10.1. The zero-order valence-corrected chi connectivity index (χ0v) is 12.8. The minimum absolute atomic E-state index is 0.0608. The Hall–Kier alpha value is -0.770. The van der Waals surface area contributed by atoms with Gasteiger partial charge < -0.3 is 4.74 Å². The van der Waals surface area contributed by atoms with E-state index in [0.29, 0.717) is 0 Å². The zero-order valence-electron chi connectivity index (χ0n) is 12.8. The summed E-state index contributed by atoms with van der Waals surface area (Å²) in [5, 5.41) is 0. The van der Waals surface area contributed by atoms with E-state index in [4.69, 9.17) is 4.74 Å². The molecule has 0 heterocycles. The van der Waals surface area contributed by atoms with E-state index in [9.17, 15) is 13.2 Å². The van der Waals surface area contributed by atoms with Crippen molar-refractivity contribution < 1.29 is 17.9 Å². The number of unbranched alkanes of at least 4 members (excludes halogenated alkanes) is 5. The fourth-order valence-electron chi connectivity index (χ4n) is 1.61. The number of ether oxygens (including phenoxy) is 1. The van der Waals surface area contributed by atoms with Gasteiger partial charge in [-0.05, 0) is 40.0 Å². The predicted octanol–water partition coefficient (Wildman–Crippen LogP) is 5.82. The SMILES string of the molecule is CC(C)(C)OCCCCCCC/C=C/C=C/C(F)(F)F. The summed E-state index contributed by atoms with van der Waals surface area (Å²) in [7, 11) is 0. The van der Waals surface area contributed by atoms with Crippen LogP contribution in [0.5, 0.6) is 0 Å². The quantitative estimate of drug-likeness (QED) is 0.384. The van der Waals surface area contributed by atoms with Crippen LogP contribution in [-0.2, 0) is 4.74 Å². The Labute approximate surface area is 120 Å². The number of hydrogen-bond donors (Lipinski definition) is 0. The molecule has 0 aromatic heterocycles. The molecule has 1 nitrogen and oxygen atoms in total. The summed E-state index contributed by atoms with van der Waals surface area (Å²) >= 11 is 0. The van der Waals surface area contributed by atoms with Gasteiger partial charge in [0.25, 0.3) is 0 Å². The Kier molecular flexibility index (Phi) is 9.64. The van der Waals surface area contributed by atoms with Crippen LogP contribution in [0.2, 0.25) is 0 Å². The second-order valence-electron chi connectivity index (χ2n) is 5.85. The first kappa shape index (κ1) is 19.2. The van der Waals surface area contributed by atoms with E-state index < -0.39 is 6.18 Å². The molecule has 0 saturated heterocycles. The van der Waals surface area contributed by atoms with E-state index in [2.05, 4.69) is 0 Å². The average Bonchev–Trinajstić information content (AvgIpc) is 2.27. The molecule has 0 saturated carbocycles. The van der Waals surface area contributed by atoms with Gasteiger partial charge in [-0.1, -0.05) is 37.5 Å². The van der Waals surface area contributed by atoms with Crippen LogP contribution in [0.4, 0.5) is 13.2 Å². The zero-order chi connectivity index (χ0) is 15.5. The lowest BCUT2D eigenvalue weighted by Gasteiger charge is -2.19. The molecule has 0 amide bonds. The number of allylic oxidation sites excluding steroid dienone is 4. The monoisotopic (exact) mass is 292 g/mol. The summed E-state index contributed by atoms with van der Waals surface area (Å²) in [5.74, 6) is 0. The lowest BCUT2D eigenvalue weighted by molar-refractivity contribution is -0.0798. The summed E-state index contributed by atoms with van der Waals surface area (Å²) in [6.45, 7) is 6.94. The lowest BCUT2D eigenvalue weighted by Crippen LogP contribution is -2.19. The summed E-state index contributed by atoms with van der Waals surface area (Å²) in [6, 6.07) is 0. The first-order chi connectivity index (χ1) is 9.21. The molecule has 0 spiro atoms. The van der Waals surface area contributed by atoms with E-state index in [0.717, 1.165) is 51.2 Å². The highest BCUT2D eigenvalue weighted by molar-refractivity contribution is 5.04. The first-order valence-electron chi connectivity index (χ1n) is 7.26. The van der Waals surface area contributed by atoms with Crippen molar-refractivity contribution in [1.29, 1.82) is 0 Å². The molecule has 0 unspecified atom stereocenters. The van der Waals surface area contributed by atoms with E-state index in [1.54, 1.807) is 6.08 Å². The van der Waals surface area contributed by atoms with Gasteiger partial charge in [-0.2, -0.15) is 13.2 Å². The average molecular weight is 292 g/mol. The third-order valence-corrected chi connectivity index (χ3v) is 2.58. The van der Waals surface area contributed by atoms with Crippen molar-refractivity contribution in [3.05, 3.63) is 24.3 Å². The minimum Gasteiger partial charge on any atom is -0.376 e.